The average molecular weight is 531 g/mol. The number of para-hydroxylation sites is 1. The summed E-state index contributed by atoms with van der Waals surface area (Å²) in [6.45, 7) is 0. The second kappa shape index (κ2) is 10.4. The van der Waals surface area contributed by atoms with Gasteiger partial charge in [-0.15, -0.1) is 0 Å². The van der Waals surface area contributed by atoms with E-state index in [9.17, 15) is 17.6 Å². The fraction of sp³-hybridized carbons (Fsp3) is 0. The van der Waals surface area contributed by atoms with E-state index in [0.717, 1.165) is 18.2 Å². The number of benzene rings is 4. The van der Waals surface area contributed by atoms with Crippen molar-refractivity contribution < 1.29 is 22.3 Å². The Morgan fingerprint density at radius 2 is 1.54 bits per heavy atom. The molecule has 0 saturated carbocycles. The first kappa shape index (κ1) is 24.5. The standard InChI is InChI=1S/C25H17Cl2FN2O4S/c26-16-10-13-24(34-17-6-2-1-3-7-17)23(14-16)30-35(32,33)18-11-12-22(21(28)15-18)29-25(31)19-8-4-5-9-20(19)27/h1-15,30H,(H,29,31). The first-order valence-electron chi connectivity index (χ1n) is 10.1. The maximum absolute atomic E-state index is 14.7. The van der Waals surface area contributed by atoms with Crippen LogP contribution >= 0.6 is 23.2 Å². The predicted octanol–water partition coefficient (Wildman–Crippen LogP) is 6.98. The van der Waals surface area contributed by atoms with E-state index in [1.54, 1.807) is 42.5 Å². The molecule has 0 aromatic heterocycles. The van der Waals surface area contributed by atoms with Crippen molar-refractivity contribution in [3.8, 4) is 11.5 Å². The fourth-order valence-corrected chi connectivity index (χ4v) is 4.56. The van der Waals surface area contributed by atoms with Crippen molar-refractivity contribution in [2.75, 3.05) is 10.0 Å². The van der Waals surface area contributed by atoms with Crippen molar-refractivity contribution in [1.82, 2.24) is 0 Å². The Hall–Kier alpha value is -3.59. The summed E-state index contributed by atoms with van der Waals surface area (Å²) in [7, 11) is -4.23. The van der Waals surface area contributed by atoms with Crippen LogP contribution in [0.15, 0.2) is 95.9 Å². The number of carbonyl (C=O) groups is 1. The van der Waals surface area contributed by atoms with Gasteiger partial charge in [0, 0.05) is 5.02 Å². The third-order valence-corrected chi connectivity index (χ3v) is 6.70. The van der Waals surface area contributed by atoms with Gasteiger partial charge in [-0.2, -0.15) is 0 Å². The SMILES string of the molecule is O=C(Nc1ccc(S(=O)(=O)Nc2cc(Cl)ccc2Oc2ccccc2)cc1F)c1ccccc1Cl. The van der Waals surface area contributed by atoms with Crippen molar-refractivity contribution in [3.63, 3.8) is 0 Å². The van der Waals surface area contributed by atoms with Gasteiger partial charge < -0.3 is 10.1 Å². The summed E-state index contributed by atoms with van der Waals surface area (Å²) in [6.07, 6.45) is 0. The molecule has 0 aliphatic rings. The van der Waals surface area contributed by atoms with Crippen molar-refractivity contribution in [2.45, 2.75) is 4.90 Å². The predicted molar refractivity (Wildman–Crippen MR) is 135 cm³/mol. The lowest BCUT2D eigenvalue weighted by Gasteiger charge is -2.15. The van der Waals surface area contributed by atoms with Crippen LogP contribution in [0.4, 0.5) is 15.8 Å². The van der Waals surface area contributed by atoms with Gasteiger partial charge in [0.25, 0.3) is 15.9 Å². The van der Waals surface area contributed by atoms with Gasteiger partial charge in [-0.3, -0.25) is 9.52 Å². The third-order valence-electron chi connectivity index (χ3n) is 4.77. The van der Waals surface area contributed by atoms with Gasteiger partial charge in [0.05, 0.1) is 26.9 Å². The van der Waals surface area contributed by atoms with Gasteiger partial charge >= 0.3 is 0 Å². The van der Waals surface area contributed by atoms with Gasteiger partial charge in [0.15, 0.2) is 5.75 Å². The fourth-order valence-electron chi connectivity index (χ4n) is 3.09. The molecule has 178 valence electrons. The number of hydrogen-bond acceptors (Lipinski definition) is 4. The van der Waals surface area contributed by atoms with Crippen LogP contribution in [-0.2, 0) is 10.0 Å². The van der Waals surface area contributed by atoms with Crippen LogP contribution in [0, 0.1) is 5.82 Å². The van der Waals surface area contributed by atoms with Crippen molar-refractivity contribution >= 4 is 50.5 Å². The molecule has 0 radical (unpaired) electrons. The molecule has 0 heterocycles. The zero-order chi connectivity index (χ0) is 25.0. The molecule has 0 atom stereocenters. The van der Waals surface area contributed by atoms with Gasteiger partial charge in [-0.1, -0.05) is 53.5 Å². The summed E-state index contributed by atoms with van der Waals surface area (Å²) in [5.74, 6) is -0.891. The number of hydrogen-bond donors (Lipinski definition) is 2. The maximum Gasteiger partial charge on any atom is 0.262 e. The van der Waals surface area contributed by atoms with E-state index in [2.05, 4.69) is 10.0 Å². The molecule has 0 spiro atoms. The Bertz CT molecular complexity index is 1500. The third kappa shape index (κ3) is 5.92. The van der Waals surface area contributed by atoms with Gasteiger partial charge in [-0.25, -0.2) is 12.8 Å². The van der Waals surface area contributed by atoms with Gasteiger partial charge in [-0.05, 0) is 60.7 Å². The highest BCUT2D eigenvalue weighted by Crippen LogP contribution is 2.34. The molecule has 4 aromatic rings. The highest BCUT2D eigenvalue weighted by atomic mass is 35.5. The summed E-state index contributed by atoms with van der Waals surface area (Å²) in [4.78, 5) is 12.0. The summed E-state index contributed by atoms with van der Waals surface area (Å²) in [5, 5.41) is 2.86. The summed E-state index contributed by atoms with van der Waals surface area (Å²) in [6, 6.07) is 22.6. The summed E-state index contributed by atoms with van der Waals surface area (Å²) >= 11 is 12.1. The number of halogens is 3. The number of rotatable bonds is 7. The maximum atomic E-state index is 14.7. The van der Waals surface area contributed by atoms with E-state index < -0.39 is 21.7 Å². The van der Waals surface area contributed by atoms with E-state index >= 15 is 0 Å². The quantitative estimate of drug-likeness (QED) is 0.270. The Morgan fingerprint density at radius 1 is 0.829 bits per heavy atom. The molecule has 4 aromatic carbocycles. The highest BCUT2D eigenvalue weighted by molar-refractivity contribution is 7.92. The van der Waals surface area contributed by atoms with E-state index in [4.69, 9.17) is 27.9 Å². The zero-order valence-electron chi connectivity index (χ0n) is 17.8. The molecule has 0 aliphatic carbocycles. The lowest BCUT2D eigenvalue weighted by molar-refractivity contribution is 0.102. The normalized spacial score (nSPS) is 11.1. The van der Waals surface area contributed by atoms with Crippen LogP contribution in [0.5, 0.6) is 11.5 Å². The lowest BCUT2D eigenvalue weighted by atomic mass is 10.2. The molecule has 10 heteroatoms. The smallest absolute Gasteiger partial charge is 0.262 e. The highest BCUT2D eigenvalue weighted by Gasteiger charge is 2.20. The number of ether oxygens (including phenoxy) is 1. The lowest BCUT2D eigenvalue weighted by Crippen LogP contribution is -2.16. The molecule has 35 heavy (non-hydrogen) atoms. The van der Waals surface area contributed by atoms with Gasteiger partial charge in [0.2, 0.25) is 0 Å². The molecule has 0 aliphatic heterocycles. The van der Waals surface area contributed by atoms with Crippen molar-refractivity contribution in [2.24, 2.45) is 0 Å². The molecule has 0 fully saturated rings. The Labute approximate surface area is 211 Å². The van der Waals surface area contributed by atoms with Crippen LogP contribution in [0.1, 0.15) is 10.4 Å². The molecule has 4 rings (SSSR count). The molecule has 0 bridgehead atoms. The van der Waals surface area contributed by atoms with Crippen LogP contribution in [0.25, 0.3) is 0 Å². The first-order valence-corrected chi connectivity index (χ1v) is 12.4. The molecule has 6 nitrogen and oxygen atoms in total. The largest absolute Gasteiger partial charge is 0.455 e. The Kier molecular flexibility index (Phi) is 7.25. The molecule has 0 unspecified atom stereocenters. The van der Waals surface area contributed by atoms with Crippen molar-refractivity contribution in [3.05, 3.63) is 112 Å². The summed E-state index contributed by atoms with van der Waals surface area (Å²) in [5.41, 5.74) is 0.0152. The Morgan fingerprint density at radius 3 is 2.26 bits per heavy atom. The molecule has 1 amide bonds. The van der Waals surface area contributed by atoms with E-state index in [1.807, 2.05) is 6.07 Å². The van der Waals surface area contributed by atoms with E-state index in [-0.39, 0.29) is 37.6 Å². The second-order valence-corrected chi connectivity index (χ2v) is 9.76. The monoisotopic (exact) mass is 530 g/mol. The van der Waals surface area contributed by atoms with Crippen LogP contribution in [0.3, 0.4) is 0 Å². The van der Waals surface area contributed by atoms with Crippen LogP contribution < -0.4 is 14.8 Å². The molecular formula is C25H17Cl2FN2O4S. The number of sulfonamides is 1. The van der Waals surface area contributed by atoms with Gasteiger partial charge in [0.1, 0.15) is 11.6 Å². The van der Waals surface area contributed by atoms with Crippen LogP contribution in [-0.4, -0.2) is 14.3 Å². The molecule has 0 saturated heterocycles. The molecular weight excluding hydrogens is 514 g/mol. The summed E-state index contributed by atoms with van der Waals surface area (Å²) < 4.78 is 48.9. The number of anilines is 2. The minimum absolute atomic E-state index is 0.0675. The number of amides is 1. The van der Waals surface area contributed by atoms with Crippen LogP contribution in [0.2, 0.25) is 10.0 Å². The van der Waals surface area contributed by atoms with E-state index in [1.165, 1.54) is 24.3 Å². The number of carbonyl (C=O) groups excluding carboxylic acids is 1. The minimum atomic E-state index is -4.23. The van der Waals surface area contributed by atoms with Crippen molar-refractivity contribution in [1.29, 1.82) is 0 Å². The first-order chi connectivity index (χ1) is 16.7. The zero-order valence-corrected chi connectivity index (χ0v) is 20.2. The molecule has 2 N–H and O–H groups in total. The number of nitrogens with one attached hydrogen (secondary N) is 2. The average Bonchev–Trinajstić information content (AvgIpc) is 2.83. The second-order valence-electron chi connectivity index (χ2n) is 7.24. The van der Waals surface area contributed by atoms with E-state index in [0.29, 0.717) is 5.75 Å². The minimum Gasteiger partial charge on any atom is -0.455 e. The Balaban J connectivity index is 1.57. The topological polar surface area (TPSA) is 84.5 Å².